The van der Waals surface area contributed by atoms with Crippen molar-refractivity contribution >= 4 is 23.0 Å². The van der Waals surface area contributed by atoms with Crippen LogP contribution in [0.2, 0.25) is 0 Å². The number of carbonyl (C=O) groups excluding carboxylic acids is 2. The van der Waals surface area contributed by atoms with E-state index in [0.29, 0.717) is 48.3 Å². The van der Waals surface area contributed by atoms with Crippen molar-refractivity contribution < 1.29 is 32.2 Å². The van der Waals surface area contributed by atoms with E-state index in [2.05, 4.69) is 20.1 Å². The molecule has 12 heteroatoms. The number of nitrogens with zero attached hydrogens (tertiary/aromatic N) is 4. The number of amides is 2. The molecule has 0 spiro atoms. The van der Waals surface area contributed by atoms with Gasteiger partial charge in [-0.15, -0.1) is 0 Å². The summed E-state index contributed by atoms with van der Waals surface area (Å²) < 4.78 is 46.7. The number of hydrogen-bond acceptors (Lipinski definition) is 6. The molecule has 3 heterocycles. The topological polar surface area (TPSA) is 101 Å². The molecule has 3 aromatic rings. The largest absolute Gasteiger partial charge is 0.484 e. The maximum absolute atomic E-state index is 12.9. The lowest BCUT2D eigenvalue weighted by molar-refractivity contribution is -0.153. The summed E-state index contributed by atoms with van der Waals surface area (Å²) in [6.45, 7) is 0.754. The number of H-pyrrole nitrogens is 1. The van der Waals surface area contributed by atoms with E-state index in [0.717, 1.165) is 0 Å². The molecule has 1 unspecified atom stereocenters. The van der Waals surface area contributed by atoms with E-state index in [-0.39, 0.29) is 30.1 Å². The lowest BCUT2D eigenvalue weighted by atomic mass is 10.0. The quantitative estimate of drug-likeness (QED) is 0.591. The molecule has 2 aliphatic rings. The maximum atomic E-state index is 12.9. The summed E-state index contributed by atoms with van der Waals surface area (Å²) in [6.07, 6.45) is -4.86. The molecule has 2 amide bonds. The van der Waals surface area contributed by atoms with Gasteiger partial charge in [0.25, 0.3) is 5.91 Å². The van der Waals surface area contributed by atoms with E-state index >= 15 is 0 Å². The number of benzene rings is 2. The van der Waals surface area contributed by atoms with Crippen LogP contribution in [0.5, 0.6) is 5.75 Å². The molecule has 1 N–H and O–H groups in total. The van der Waals surface area contributed by atoms with E-state index < -0.39 is 18.9 Å². The van der Waals surface area contributed by atoms with E-state index in [1.54, 1.807) is 35.2 Å². The number of aromatic amines is 1. The van der Waals surface area contributed by atoms with Gasteiger partial charge < -0.3 is 19.3 Å². The fraction of sp³-hybridized carbons (Fsp3) is 0.391. The predicted molar refractivity (Wildman–Crippen MR) is 117 cm³/mol. The van der Waals surface area contributed by atoms with Gasteiger partial charge in [0.1, 0.15) is 23.4 Å². The van der Waals surface area contributed by atoms with Gasteiger partial charge in [0.05, 0.1) is 0 Å². The number of alkyl halides is 3. The molecular weight excluding hydrogens is 467 g/mol. The van der Waals surface area contributed by atoms with Gasteiger partial charge in [0.2, 0.25) is 0 Å². The molecule has 2 aliphatic heterocycles. The number of fused-ring (bicyclic) bond motifs is 2. The van der Waals surface area contributed by atoms with Crippen LogP contribution >= 0.6 is 0 Å². The summed E-state index contributed by atoms with van der Waals surface area (Å²) in [5.74, 6) is 0.366. The smallest absolute Gasteiger partial charge is 0.422 e. The van der Waals surface area contributed by atoms with Crippen molar-refractivity contribution in [3.8, 4) is 5.75 Å². The van der Waals surface area contributed by atoms with Gasteiger partial charge in [-0.2, -0.15) is 28.6 Å². The van der Waals surface area contributed by atoms with E-state index in [1.807, 2.05) is 4.90 Å². The lowest BCUT2D eigenvalue weighted by Crippen LogP contribution is -2.35. The third-order valence-electron chi connectivity index (χ3n) is 6.28. The van der Waals surface area contributed by atoms with Crippen LogP contribution in [-0.4, -0.2) is 76.2 Å². The Morgan fingerprint density at radius 3 is 2.29 bits per heavy atom. The summed E-state index contributed by atoms with van der Waals surface area (Å²) in [7, 11) is 0. The Balaban J connectivity index is 1.09. The highest BCUT2D eigenvalue weighted by Crippen LogP contribution is 2.32. The van der Waals surface area contributed by atoms with Gasteiger partial charge in [-0.3, -0.25) is 4.79 Å². The Kier molecular flexibility index (Phi) is 5.95. The summed E-state index contributed by atoms with van der Waals surface area (Å²) in [5.41, 5.74) is 2.52. The molecule has 2 aromatic carbocycles. The van der Waals surface area contributed by atoms with Crippen LogP contribution < -0.4 is 4.74 Å². The number of ether oxygens (including phenoxy) is 2. The summed E-state index contributed by atoms with van der Waals surface area (Å²) in [6, 6.07) is 11.1. The van der Waals surface area contributed by atoms with Gasteiger partial charge in [-0.05, 0) is 35.9 Å². The van der Waals surface area contributed by atoms with Crippen molar-refractivity contribution in [2.24, 2.45) is 11.8 Å². The van der Waals surface area contributed by atoms with Crippen molar-refractivity contribution in [3.63, 3.8) is 0 Å². The van der Waals surface area contributed by atoms with Crippen molar-refractivity contribution in [1.82, 2.24) is 25.2 Å². The minimum Gasteiger partial charge on any atom is -0.484 e. The highest BCUT2D eigenvalue weighted by Gasteiger charge is 2.43. The predicted octanol–water partition coefficient (Wildman–Crippen LogP) is 3.24. The van der Waals surface area contributed by atoms with Gasteiger partial charge >= 0.3 is 12.3 Å². The highest BCUT2D eigenvalue weighted by molar-refractivity contribution is 5.97. The van der Waals surface area contributed by atoms with E-state index in [9.17, 15) is 22.8 Å². The second-order valence-corrected chi connectivity index (χ2v) is 8.76. The van der Waals surface area contributed by atoms with Crippen LogP contribution in [0, 0.1) is 11.8 Å². The third kappa shape index (κ3) is 5.15. The van der Waals surface area contributed by atoms with Crippen LogP contribution in [-0.2, 0) is 11.3 Å². The standard InChI is InChI=1S/C23H22F3N5O4/c24-23(25,26)13-35-18-4-1-14(2-5-18)12-34-22(33)31-10-16-8-30(9-17(16)11-31)21(32)15-3-6-19-20(7-15)28-29-27-19/h1-7,16-17H,8-13H2,(H,27,28,29)/t16-,17?/m0/s1. The molecule has 2 saturated heterocycles. The maximum Gasteiger partial charge on any atom is 0.422 e. The minimum absolute atomic E-state index is 0.000642. The number of aromatic nitrogens is 3. The zero-order valence-electron chi connectivity index (χ0n) is 18.5. The number of carbonyl (C=O) groups is 2. The first-order valence-electron chi connectivity index (χ1n) is 11.1. The first-order valence-corrected chi connectivity index (χ1v) is 11.1. The minimum atomic E-state index is -4.40. The second-order valence-electron chi connectivity index (χ2n) is 8.76. The van der Waals surface area contributed by atoms with Crippen molar-refractivity contribution in [2.75, 3.05) is 32.8 Å². The Hall–Kier alpha value is -3.83. The third-order valence-corrected chi connectivity index (χ3v) is 6.28. The molecule has 0 radical (unpaired) electrons. The SMILES string of the molecule is O=C(OCc1ccc(OCC(F)(F)F)cc1)N1CC2CN(C(=O)c3ccc4n[nH]nc4c3)C[C@H]2C1. The van der Waals surface area contributed by atoms with Crippen LogP contribution in [0.25, 0.3) is 11.0 Å². The van der Waals surface area contributed by atoms with Crippen molar-refractivity contribution in [3.05, 3.63) is 53.6 Å². The van der Waals surface area contributed by atoms with Crippen LogP contribution in [0.1, 0.15) is 15.9 Å². The van der Waals surface area contributed by atoms with E-state index in [4.69, 9.17) is 4.74 Å². The Bertz CT molecular complexity index is 1220. The van der Waals surface area contributed by atoms with Gasteiger partial charge in [-0.25, -0.2) is 4.79 Å². The average Bonchev–Trinajstić information content (AvgIpc) is 3.55. The first-order chi connectivity index (χ1) is 16.7. The molecule has 2 atom stereocenters. The van der Waals surface area contributed by atoms with Crippen LogP contribution in [0.3, 0.4) is 0 Å². The van der Waals surface area contributed by atoms with Crippen molar-refractivity contribution in [1.29, 1.82) is 0 Å². The fourth-order valence-electron chi connectivity index (χ4n) is 4.55. The van der Waals surface area contributed by atoms with Crippen LogP contribution in [0.15, 0.2) is 42.5 Å². The van der Waals surface area contributed by atoms with Gasteiger partial charge in [0.15, 0.2) is 6.61 Å². The van der Waals surface area contributed by atoms with Crippen LogP contribution in [0.4, 0.5) is 18.0 Å². The summed E-state index contributed by atoms with van der Waals surface area (Å²) in [5, 5.41) is 10.5. The highest BCUT2D eigenvalue weighted by atomic mass is 19.4. The molecule has 35 heavy (non-hydrogen) atoms. The van der Waals surface area contributed by atoms with Crippen molar-refractivity contribution in [2.45, 2.75) is 12.8 Å². The monoisotopic (exact) mass is 489 g/mol. The number of rotatable bonds is 5. The Morgan fingerprint density at radius 2 is 1.60 bits per heavy atom. The molecule has 1 aromatic heterocycles. The Labute approximate surface area is 197 Å². The van der Waals surface area contributed by atoms with Gasteiger partial charge in [-0.1, -0.05) is 12.1 Å². The molecular formula is C23H22F3N5O4. The lowest BCUT2D eigenvalue weighted by Gasteiger charge is -2.21. The number of nitrogens with one attached hydrogen (secondary N) is 1. The average molecular weight is 489 g/mol. The molecule has 184 valence electrons. The number of hydrogen-bond donors (Lipinski definition) is 1. The molecule has 0 saturated carbocycles. The molecule has 2 fully saturated rings. The first kappa shape index (κ1) is 22.9. The zero-order chi connectivity index (χ0) is 24.6. The molecule has 0 bridgehead atoms. The molecule has 5 rings (SSSR count). The number of halogens is 3. The summed E-state index contributed by atoms with van der Waals surface area (Å²) in [4.78, 5) is 28.9. The molecule has 9 nitrogen and oxygen atoms in total. The summed E-state index contributed by atoms with van der Waals surface area (Å²) >= 11 is 0. The van der Waals surface area contributed by atoms with E-state index in [1.165, 1.54) is 12.1 Å². The van der Waals surface area contributed by atoms with Gasteiger partial charge in [0, 0.05) is 43.6 Å². The Morgan fingerprint density at radius 1 is 0.943 bits per heavy atom. The normalized spacial score (nSPS) is 19.7. The fourth-order valence-corrected chi connectivity index (χ4v) is 4.55. The molecule has 0 aliphatic carbocycles. The number of likely N-dealkylation sites (tertiary alicyclic amines) is 2. The second kappa shape index (κ2) is 9.08. The zero-order valence-corrected chi connectivity index (χ0v) is 18.5.